The molecule has 1 amide bonds. The van der Waals surface area contributed by atoms with Crippen LogP contribution in [0.2, 0.25) is 0 Å². The van der Waals surface area contributed by atoms with Gasteiger partial charge in [-0.3, -0.25) is 4.79 Å². The minimum absolute atomic E-state index is 0.175. The van der Waals surface area contributed by atoms with Gasteiger partial charge < -0.3 is 10.2 Å². The van der Waals surface area contributed by atoms with E-state index in [-0.39, 0.29) is 5.91 Å². The Bertz CT molecular complexity index is 365. The number of thioether (sulfide) groups is 1. The molecule has 0 aromatic heterocycles. The number of hydrogen-bond donors (Lipinski definition) is 1. The van der Waals surface area contributed by atoms with Crippen molar-refractivity contribution in [1.29, 1.82) is 0 Å². The first-order valence-electron chi connectivity index (χ1n) is 5.87. The molecule has 2 rings (SSSR count). The lowest BCUT2D eigenvalue weighted by Gasteiger charge is -2.26. The molecule has 3 nitrogen and oxygen atoms in total. The standard InChI is InChI=1S/C13H18N2OS/c1-15(12-5-3-2-4-6-12)13(16)10-17-9-11-7-14-8-11/h2-6,11,14H,7-10H2,1H3. The number of benzene rings is 1. The molecule has 0 spiro atoms. The lowest BCUT2D eigenvalue weighted by atomic mass is 10.1. The zero-order valence-electron chi connectivity index (χ0n) is 10.1. The normalized spacial score (nSPS) is 15.4. The van der Waals surface area contributed by atoms with E-state index in [0.29, 0.717) is 5.75 Å². The number of nitrogens with zero attached hydrogens (tertiary/aromatic N) is 1. The van der Waals surface area contributed by atoms with Gasteiger partial charge in [0.2, 0.25) is 5.91 Å². The molecule has 4 heteroatoms. The van der Waals surface area contributed by atoms with Gasteiger partial charge in [0.1, 0.15) is 0 Å². The highest BCUT2D eigenvalue weighted by molar-refractivity contribution is 7.99. The Labute approximate surface area is 107 Å². The van der Waals surface area contributed by atoms with Crippen molar-refractivity contribution in [3.05, 3.63) is 30.3 Å². The minimum Gasteiger partial charge on any atom is -0.316 e. The van der Waals surface area contributed by atoms with Gasteiger partial charge in [-0.15, -0.1) is 0 Å². The van der Waals surface area contributed by atoms with E-state index in [1.807, 2.05) is 37.4 Å². The van der Waals surface area contributed by atoms with E-state index in [1.54, 1.807) is 16.7 Å². The van der Waals surface area contributed by atoms with Crippen molar-refractivity contribution in [3.63, 3.8) is 0 Å². The van der Waals surface area contributed by atoms with E-state index in [1.165, 1.54) is 0 Å². The molecule has 1 aromatic rings. The van der Waals surface area contributed by atoms with Crippen molar-refractivity contribution in [2.24, 2.45) is 5.92 Å². The lowest BCUT2D eigenvalue weighted by molar-refractivity contribution is -0.115. The van der Waals surface area contributed by atoms with Crippen LogP contribution in [0.25, 0.3) is 0 Å². The number of hydrogen-bond acceptors (Lipinski definition) is 3. The topological polar surface area (TPSA) is 32.3 Å². The molecule has 0 aliphatic carbocycles. The molecule has 0 unspecified atom stereocenters. The van der Waals surface area contributed by atoms with Crippen molar-refractivity contribution < 1.29 is 4.79 Å². The van der Waals surface area contributed by atoms with E-state index < -0.39 is 0 Å². The molecule has 1 saturated heterocycles. The summed E-state index contributed by atoms with van der Waals surface area (Å²) >= 11 is 1.74. The predicted molar refractivity (Wildman–Crippen MR) is 73.5 cm³/mol. The first kappa shape index (κ1) is 12.5. The largest absolute Gasteiger partial charge is 0.316 e. The molecular weight excluding hydrogens is 232 g/mol. The zero-order chi connectivity index (χ0) is 12.1. The lowest BCUT2D eigenvalue weighted by Crippen LogP contribution is -2.43. The van der Waals surface area contributed by atoms with E-state index in [0.717, 1.165) is 30.4 Å². The molecule has 1 heterocycles. The van der Waals surface area contributed by atoms with Gasteiger partial charge in [0.05, 0.1) is 5.75 Å². The van der Waals surface area contributed by atoms with Crippen LogP contribution in [-0.4, -0.2) is 37.6 Å². The van der Waals surface area contributed by atoms with Crippen molar-refractivity contribution in [1.82, 2.24) is 5.32 Å². The number of carbonyl (C=O) groups is 1. The summed E-state index contributed by atoms with van der Waals surface area (Å²) in [7, 11) is 1.84. The van der Waals surface area contributed by atoms with E-state index in [2.05, 4.69) is 5.32 Å². The Kier molecular flexibility index (Phi) is 4.45. The van der Waals surface area contributed by atoms with Crippen LogP contribution in [-0.2, 0) is 4.79 Å². The Morgan fingerprint density at radius 2 is 2.12 bits per heavy atom. The monoisotopic (exact) mass is 250 g/mol. The van der Waals surface area contributed by atoms with Gasteiger partial charge in [-0.1, -0.05) is 18.2 Å². The average molecular weight is 250 g/mol. The first-order valence-corrected chi connectivity index (χ1v) is 7.03. The van der Waals surface area contributed by atoms with Crippen LogP contribution in [0.5, 0.6) is 0 Å². The quantitative estimate of drug-likeness (QED) is 0.861. The fourth-order valence-corrected chi connectivity index (χ4v) is 2.73. The molecule has 1 fully saturated rings. The van der Waals surface area contributed by atoms with Gasteiger partial charge in [0.15, 0.2) is 0 Å². The number of nitrogens with one attached hydrogen (secondary N) is 1. The summed E-state index contributed by atoms with van der Waals surface area (Å²) < 4.78 is 0. The Morgan fingerprint density at radius 1 is 1.41 bits per heavy atom. The van der Waals surface area contributed by atoms with E-state index in [4.69, 9.17) is 0 Å². The van der Waals surface area contributed by atoms with Gasteiger partial charge >= 0.3 is 0 Å². The molecule has 1 aliphatic rings. The smallest absolute Gasteiger partial charge is 0.236 e. The van der Waals surface area contributed by atoms with Gasteiger partial charge in [0.25, 0.3) is 0 Å². The number of para-hydroxylation sites is 1. The molecule has 17 heavy (non-hydrogen) atoms. The van der Waals surface area contributed by atoms with Gasteiger partial charge in [-0.25, -0.2) is 0 Å². The highest BCUT2D eigenvalue weighted by Crippen LogP contribution is 2.15. The van der Waals surface area contributed by atoms with Gasteiger partial charge in [-0.05, 0) is 36.9 Å². The maximum absolute atomic E-state index is 11.9. The average Bonchev–Trinajstić information content (AvgIpc) is 2.32. The fourth-order valence-electron chi connectivity index (χ4n) is 1.67. The van der Waals surface area contributed by atoms with E-state index >= 15 is 0 Å². The third kappa shape index (κ3) is 3.48. The van der Waals surface area contributed by atoms with Crippen LogP contribution >= 0.6 is 11.8 Å². The van der Waals surface area contributed by atoms with Gasteiger partial charge in [-0.2, -0.15) is 11.8 Å². The molecule has 0 atom stereocenters. The number of anilines is 1. The maximum Gasteiger partial charge on any atom is 0.236 e. The summed E-state index contributed by atoms with van der Waals surface area (Å²) in [5.74, 6) is 2.59. The first-order chi connectivity index (χ1) is 8.27. The maximum atomic E-state index is 11.9. The number of amides is 1. The van der Waals surface area contributed by atoms with Crippen LogP contribution in [0.1, 0.15) is 0 Å². The SMILES string of the molecule is CN(C(=O)CSCC1CNC1)c1ccccc1. The minimum atomic E-state index is 0.175. The highest BCUT2D eigenvalue weighted by atomic mass is 32.2. The van der Waals surface area contributed by atoms with Crippen LogP contribution in [0.15, 0.2) is 30.3 Å². The molecule has 0 saturated carbocycles. The van der Waals surface area contributed by atoms with Crippen molar-refractivity contribution >= 4 is 23.4 Å². The fraction of sp³-hybridized carbons (Fsp3) is 0.462. The Hall–Kier alpha value is -1.00. The molecule has 0 radical (unpaired) electrons. The summed E-state index contributed by atoms with van der Waals surface area (Å²) in [6, 6.07) is 9.77. The van der Waals surface area contributed by atoms with Crippen LogP contribution in [0.4, 0.5) is 5.69 Å². The Morgan fingerprint density at radius 3 is 2.71 bits per heavy atom. The summed E-state index contributed by atoms with van der Waals surface area (Å²) in [6.07, 6.45) is 0. The summed E-state index contributed by atoms with van der Waals surface area (Å²) in [6.45, 7) is 2.21. The second kappa shape index (κ2) is 6.07. The summed E-state index contributed by atoms with van der Waals surface area (Å²) in [4.78, 5) is 13.6. The second-order valence-electron chi connectivity index (χ2n) is 4.33. The number of carbonyl (C=O) groups excluding carboxylic acids is 1. The molecule has 1 aromatic carbocycles. The van der Waals surface area contributed by atoms with Crippen molar-refractivity contribution in [2.75, 3.05) is 36.5 Å². The third-order valence-electron chi connectivity index (χ3n) is 2.96. The summed E-state index contributed by atoms with van der Waals surface area (Å²) in [5.41, 5.74) is 0.961. The molecule has 92 valence electrons. The van der Waals surface area contributed by atoms with Crippen molar-refractivity contribution in [2.45, 2.75) is 0 Å². The number of rotatable bonds is 5. The summed E-state index contributed by atoms with van der Waals surface area (Å²) in [5, 5.41) is 3.24. The van der Waals surface area contributed by atoms with Crippen LogP contribution in [0, 0.1) is 5.92 Å². The van der Waals surface area contributed by atoms with Crippen LogP contribution < -0.4 is 10.2 Å². The highest BCUT2D eigenvalue weighted by Gasteiger charge is 2.17. The van der Waals surface area contributed by atoms with Gasteiger partial charge in [0, 0.05) is 12.7 Å². The molecule has 1 N–H and O–H groups in total. The third-order valence-corrected chi connectivity index (χ3v) is 4.12. The zero-order valence-corrected chi connectivity index (χ0v) is 10.9. The molecular formula is C13H18N2OS. The van der Waals surface area contributed by atoms with E-state index in [9.17, 15) is 4.79 Å². The predicted octanol–water partition coefficient (Wildman–Crippen LogP) is 1.60. The molecule has 1 aliphatic heterocycles. The van der Waals surface area contributed by atoms with Crippen LogP contribution in [0.3, 0.4) is 0 Å². The second-order valence-corrected chi connectivity index (χ2v) is 5.36. The molecule has 0 bridgehead atoms. The Balaban J connectivity index is 1.75. The van der Waals surface area contributed by atoms with Crippen molar-refractivity contribution in [3.8, 4) is 0 Å².